The molecule has 2 heterocycles. The maximum absolute atomic E-state index is 12.2. The minimum Gasteiger partial charge on any atom is -0.384 e. The highest BCUT2D eigenvalue weighted by molar-refractivity contribution is 7.89. The minimum atomic E-state index is -3.68. The summed E-state index contributed by atoms with van der Waals surface area (Å²) in [5.41, 5.74) is 7.49. The molecule has 0 saturated carbocycles. The van der Waals surface area contributed by atoms with Crippen molar-refractivity contribution in [3.05, 3.63) is 35.5 Å². The molecule has 21 heavy (non-hydrogen) atoms. The predicted molar refractivity (Wildman–Crippen MR) is 75.8 cm³/mol. The lowest BCUT2D eigenvalue weighted by Crippen LogP contribution is -2.23. The van der Waals surface area contributed by atoms with E-state index in [1.807, 2.05) is 0 Å². The number of nitrogens with two attached hydrogens (primary N) is 1. The Labute approximate surface area is 120 Å². The number of amides is 1. The van der Waals surface area contributed by atoms with E-state index in [0.717, 1.165) is 0 Å². The Balaban J connectivity index is 1.81. The molecule has 110 valence electrons. The van der Waals surface area contributed by atoms with Gasteiger partial charge in [-0.3, -0.25) is 9.89 Å². The van der Waals surface area contributed by atoms with Gasteiger partial charge < -0.3 is 11.1 Å². The van der Waals surface area contributed by atoms with Gasteiger partial charge in [0.15, 0.2) is 0 Å². The molecule has 0 atom stereocenters. The number of nitrogens with one attached hydrogen (secondary N) is 3. The highest BCUT2D eigenvalue weighted by Crippen LogP contribution is 2.25. The molecule has 0 unspecified atom stereocenters. The van der Waals surface area contributed by atoms with Gasteiger partial charge in [0.1, 0.15) is 5.82 Å². The number of hydrogen-bond acceptors (Lipinski definition) is 5. The monoisotopic (exact) mass is 307 g/mol. The average Bonchev–Trinajstić information content (AvgIpc) is 3.00. The van der Waals surface area contributed by atoms with Crippen molar-refractivity contribution in [1.82, 2.24) is 14.9 Å². The molecule has 5 N–H and O–H groups in total. The number of sulfonamides is 1. The molecule has 2 aromatic rings. The van der Waals surface area contributed by atoms with Crippen LogP contribution in [0.5, 0.6) is 0 Å². The molecule has 9 heteroatoms. The number of carbonyl (C=O) groups is 1. The molecule has 0 bridgehead atoms. The van der Waals surface area contributed by atoms with Gasteiger partial charge in [0, 0.05) is 17.8 Å². The summed E-state index contributed by atoms with van der Waals surface area (Å²) in [4.78, 5) is 11.4. The van der Waals surface area contributed by atoms with Crippen molar-refractivity contribution < 1.29 is 13.2 Å². The quantitative estimate of drug-likeness (QED) is 0.630. The Morgan fingerprint density at radius 1 is 1.38 bits per heavy atom. The highest BCUT2D eigenvalue weighted by atomic mass is 32.2. The first kappa shape index (κ1) is 13.6. The molecule has 8 nitrogen and oxygen atoms in total. The number of hydrogen-bond donors (Lipinski definition) is 4. The lowest BCUT2D eigenvalue weighted by molar-refractivity contribution is -0.115. The van der Waals surface area contributed by atoms with E-state index in [1.54, 1.807) is 6.07 Å². The van der Waals surface area contributed by atoms with E-state index in [2.05, 4.69) is 20.2 Å². The Bertz CT molecular complexity index is 812. The minimum absolute atomic E-state index is 0.0406. The van der Waals surface area contributed by atoms with Crippen molar-refractivity contribution >= 4 is 27.4 Å². The van der Waals surface area contributed by atoms with E-state index in [-0.39, 0.29) is 23.8 Å². The van der Waals surface area contributed by atoms with Crippen molar-refractivity contribution in [3.63, 3.8) is 0 Å². The third-order valence-corrected chi connectivity index (χ3v) is 4.61. The van der Waals surface area contributed by atoms with Crippen LogP contribution < -0.4 is 15.8 Å². The van der Waals surface area contributed by atoms with Crippen LogP contribution >= 0.6 is 0 Å². The van der Waals surface area contributed by atoms with Crippen LogP contribution in [0.4, 0.5) is 11.5 Å². The van der Waals surface area contributed by atoms with Crippen molar-refractivity contribution in [3.8, 4) is 0 Å². The number of aromatic amines is 1. The second-order valence-corrected chi connectivity index (χ2v) is 6.44. The number of carbonyl (C=O) groups excluding carboxylic acids is 1. The fraction of sp³-hybridized carbons (Fsp3) is 0.167. The molecule has 1 aromatic carbocycles. The summed E-state index contributed by atoms with van der Waals surface area (Å²) < 4.78 is 26.9. The van der Waals surface area contributed by atoms with Gasteiger partial charge in [-0.05, 0) is 23.8 Å². The van der Waals surface area contributed by atoms with Crippen LogP contribution in [0.2, 0.25) is 0 Å². The smallest absolute Gasteiger partial charge is 0.240 e. The van der Waals surface area contributed by atoms with Gasteiger partial charge in [0.05, 0.1) is 17.5 Å². The lowest BCUT2D eigenvalue weighted by Gasteiger charge is -2.07. The molecule has 0 fully saturated rings. The van der Waals surface area contributed by atoms with E-state index in [4.69, 9.17) is 5.73 Å². The number of nitrogens with zero attached hydrogens (tertiary/aromatic N) is 1. The SMILES string of the molecule is Nc1[nH]ncc1CNS(=O)(=O)c1ccc2c(c1)CC(=O)N2. The molecule has 0 aliphatic carbocycles. The summed E-state index contributed by atoms with van der Waals surface area (Å²) in [6.07, 6.45) is 1.65. The maximum Gasteiger partial charge on any atom is 0.240 e. The first-order chi connectivity index (χ1) is 9.95. The summed E-state index contributed by atoms with van der Waals surface area (Å²) in [6.45, 7) is 0.0406. The van der Waals surface area contributed by atoms with E-state index < -0.39 is 10.0 Å². The normalized spacial score (nSPS) is 14.0. The van der Waals surface area contributed by atoms with Gasteiger partial charge >= 0.3 is 0 Å². The Morgan fingerprint density at radius 2 is 2.19 bits per heavy atom. The summed E-state index contributed by atoms with van der Waals surface area (Å²) >= 11 is 0. The van der Waals surface area contributed by atoms with E-state index in [1.165, 1.54) is 18.3 Å². The zero-order valence-corrected chi connectivity index (χ0v) is 11.7. The molecule has 0 saturated heterocycles. The van der Waals surface area contributed by atoms with Crippen molar-refractivity contribution in [1.29, 1.82) is 0 Å². The Hall–Kier alpha value is -2.39. The topological polar surface area (TPSA) is 130 Å². The van der Waals surface area contributed by atoms with E-state index in [0.29, 0.717) is 22.6 Å². The van der Waals surface area contributed by atoms with E-state index >= 15 is 0 Å². The third kappa shape index (κ3) is 2.60. The largest absolute Gasteiger partial charge is 0.384 e. The van der Waals surface area contributed by atoms with Crippen LogP contribution in [-0.4, -0.2) is 24.5 Å². The van der Waals surface area contributed by atoms with Crippen LogP contribution in [0.15, 0.2) is 29.3 Å². The fourth-order valence-electron chi connectivity index (χ4n) is 2.09. The van der Waals surface area contributed by atoms with Crippen LogP contribution in [0.25, 0.3) is 0 Å². The van der Waals surface area contributed by atoms with Crippen molar-refractivity contribution in [2.45, 2.75) is 17.9 Å². The molecule has 3 rings (SSSR count). The van der Waals surface area contributed by atoms with Crippen LogP contribution in [0, 0.1) is 0 Å². The van der Waals surface area contributed by atoms with Gasteiger partial charge in [0.25, 0.3) is 0 Å². The number of rotatable bonds is 4. The maximum atomic E-state index is 12.2. The van der Waals surface area contributed by atoms with Gasteiger partial charge in [0.2, 0.25) is 15.9 Å². The average molecular weight is 307 g/mol. The van der Waals surface area contributed by atoms with Crippen LogP contribution in [0.3, 0.4) is 0 Å². The summed E-state index contributed by atoms with van der Waals surface area (Å²) in [5.74, 6) is 0.181. The number of benzene rings is 1. The van der Waals surface area contributed by atoms with Gasteiger partial charge in [-0.15, -0.1) is 0 Å². The molecule has 1 aliphatic rings. The summed E-state index contributed by atoms with van der Waals surface area (Å²) in [7, 11) is -3.68. The number of fused-ring (bicyclic) bond motifs is 1. The third-order valence-electron chi connectivity index (χ3n) is 3.22. The molecule has 1 aromatic heterocycles. The summed E-state index contributed by atoms with van der Waals surface area (Å²) in [6, 6.07) is 4.53. The first-order valence-electron chi connectivity index (χ1n) is 6.16. The number of anilines is 2. The zero-order valence-electron chi connectivity index (χ0n) is 10.9. The number of nitrogen functional groups attached to an aromatic ring is 1. The molecule has 1 aliphatic heterocycles. The second kappa shape index (κ2) is 4.86. The lowest BCUT2D eigenvalue weighted by atomic mass is 10.2. The van der Waals surface area contributed by atoms with Crippen LogP contribution in [0.1, 0.15) is 11.1 Å². The van der Waals surface area contributed by atoms with Crippen molar-refractivity contribution in [2.24, 2.45) is 0 Å². The number of H-pyrrole nitrogens is 1. The van der Waals surface area contributed by atoms with Gasteiger partial charge in [-0.2, -0.15) is 5.10 Å². The molecule has 0 spiro atoms. The predicted octanol–water partition coefficient (Wildman–Crippen LogP) is -0.0350. The Kier molecular flexibility index (Phi) is 3.15. The van der Waals surface area contributed by atoms with E-state index in [9.17, 15) is 13.2 Å². The molecule has 1 amide bonds. The summed E-state index contributed by atoms with van der Waals surface area (Å²) in [5, 5.41) is 8.91. The number of aromatic nitrogens is 2. The molecule has 0 radical (unpaired) electrons. The first-order valence-corrected chi connectivity index (χ1v) is 7.64. The van der Waals surface area contributed by atoms with Crippen LogP contribution in [-0.2, 0) is 27.8 Å². The molecular weight excluding hydrogens is 294 g/mol. The standard InChI is InChI=1S/C12H13N5O3S/c13-12-8(5-14-17-12)6-15-21(19,20)9-1-2-10-7(3-9)4-11(18)16-10/h1-3,5,15H,4,6H2,(H,16,18)(H3,13,14,17). The van der Waals surface area contributed by atoms with Gasteiger partial charge in [-0.25, -0.2) is 13.1 Å². The fourth-order valence-corrected chi connectivity index (χ4v) is 3.15. The second-order valence-electron chi connectivity index (χ2n) is 4.68. The van der Waals surface area contributed by atoms with Gasteiger partial charge in [-0.1, -0.05) is 0 Å². The Morgan fingerprint density at radius 3 is 2.90 bits per heavy atom. The zero-order chi connectivity index (χ0) is 15.0. The molecular formula is C12H13N5O3S. The highest BCUT2D eigenvalue weighted by Gasteiger charge is 2.21. The van der Waals surface area contributed by atoms with Crippen molar-refractivity contribution in [2.75, 3.05) is 11.1 Å².